The van der Waals surface area contributed by atoms with E-state index in [1.165, 1.54) is 5.32 Å². The molecule has 0 aromatic heterocycles. The van der Waals surface area contributed by atoms with Crippen LogP contribution >= 0.6 is 0 Å². The highest BCUT2D eigenvalue weighted by molar-refractivity contribution is 7.87. The van der Waals surface area contributed by atoms with E-state index in [1.54, 1.807) is 0 Å². The summed E-state index contributed by atoms with van der Waals surface area (Å²) in [5.74, 6) is -3.23. The summed E-state index contributed by atoms with van der Waals surface area (Å²) in [7, 11) is -2.03. The zero-order valence-corrected chi connectivity index (χ0v) is 9.02. The van der Waals surface area contributed by atoms with Crippen molar-refractivity contribution in [2.24, 2.45) is 0 Å². The smallest absolute Gasteiger partial charge is 0.405 e. The van der Waals surface area contributed by atoms with Crippen molar-refractivity contribution >= 4 is 22.7 Å². The molecule has 1 amide bonds. The average molecular weight is 261 g/mol. The fraction of sp³-hybridized carbons (Fsp3) is 0.714. The zero-order valence-electron chi connectivity index (χ0n) is 8.21. The molecule has 0 heterocycles. The van der Waals surface area contributed by atoms with Crippen LogP contribution in [0.1, 0.15) is 6.92 Å². The number of aliphatic carboxylic acids is 1. The number of hydrogen-bond donors (Lipinski definition) is 2. The molecule has 0 aromatic rings. The van der Waals surface area contributed by atoms with Gasteiger partial charge in [0.1, 0.15) is 17.5 Å². The van der Waals surface area contributed by atoms with E-state index >= 15 is 0 Å². The van der Waals surface area contributed by atoms with Gasteiger partial charge in [0.2, 0.25) is 5.91 Å². The molecule has 9 heteroatoms. The number of amides is 1. The Morgan fingerprint density at radius 2 is 1.94 bits per heavy atom. The van der Waals surface area contributed by atoms with Gasteiger partial charge < -0.3 is 10.4 Å². The van der Waals surface area contributed by atoms with Crippen molar-refractivity contribution < 1.29 is 32.1 Å². The number of rotatable bonds is 5. The first kappa shape index (κ1) is 14.9. The van der Waals surface area contributed by atoms with Crippen LogP contribution < -0.4 is 5.32 Å². The summed E-state index contributed by atoms with van der Waals surface area (Å²) in [6.07, 6.45) is -4.55. The van der Waals surface area contributed by atoms with Gasteiger partial charge in [-0.15, -0.1) is 0 Å². The predicted octanol–water partition coefficient (Wildman–Crippen LogP) is -0.113. The molecule has 2 N–H and O–H groups in total. The minimum atomic E-state index is -4.55. The monoisotopic (exact) mass is 261 g/mol. The second-order valence-corrected chi connectivity index (χ2v) is 4.65. The molecule has 0 bridgehead atoms. The lowest BCUT2D eigenvalue weighted by Crippen LogP contribution is -2.38. The highest BCUT2D eigenvalue weighted by Crippen LogP contribution is 2.12. The highest BCUT2D eigenvalue weighted by Gasteiger charge is 2.28. The lowest BCUT2D eigenvalue weighted by Gasteiger charge is -2.09. The topological polar surface area (TPSA) is 83.5 Å². The second-order valence-electron chi connectivity index (χ2n) is 2.90. The molecule has 0 aliphatic rings. The molecule has 0 spiro atoms. The van der Waals surface area contributed by atoms with Crippen molar-refractivity contribution in [3.8, 4) is 0 Å². The molecule has 0 radical (unpaired) electrons. The van der Waals surface area contributed by atoms with Crippen LogP contribution in [0.25, 0.3) is 0 Å². The predicted molar refractivity (Wildman–Crippen MR) is 49.2 cm³/mol. The van der Waals surface area contributed by atoms with E-state index in [1.807, 2.05) is 0 Å². The van der Waals surface area contributed by atoms with E-state index in [-0.39, 0.29) is 0 Å². The number of alkyl halides is 3. The van der Waals surface area contributed by atoms with Crippen molar-refractivity contribution in [1.82, 2.24) is 5.32 Å². The number of halogens is 3. The largest absolute Gasteiger partial charge is 0.480 e. The number of carboxylic acids is 1. The molecule has 0 fully saturated rings. The minimum absolute atomic E-state index is 0.760. The summed E-state index contributed by atoms with van der Waals surface area (Å²) < 4.78 is 46.1. The summed E-state index contributed by atoms with van der Waals surface area (Å²) >= 11 is 0. The molecule has 0 aliphatic heterocycles. The van der Waals surface area contributed by atoms with Gasteiger partial charge in [-0.25, -0.2) is 0 Å². The Balaban J connectivity index is 4.07. The van der Waals surface area contributed by atoms with Gasteiger partial charge in [-0.05, 0) is 6.92 Å². The Labute approximate surface area is 91.5 Å². The Morgan fingerprint density at radius 1 is 1.44 bits per heavy atom. The Morgan fingerprint density at radius 3 is 2.31 bits per heavy atom. The van der Waals surface area contributed by atoms with Gasteiger partial charge in [0.15, 0.2) is 0 Å². The van der Waals surface area contributed by atoms with Crippen molar-refractivity contribution in [3.05, 3.63) is 0 Å². The lowest BCUT2D eigenvalue weighted by atomic mass is 10.5. The molecular weight excluding hydrogens is 251 g/mol. The third kappa shape index (κ3) is 6.38. The first-order valence-electron chi connectivity index (χ1n) is 4.07. The van der Waals surface area contributed by atoms with Crippen LogP contribution in [0.5, 0.6) is 0 Å². The van der Waals surface area contributed by atoms with Gasteiger partial charge in [-0.2, -0.15) is 13.2 Å². The number of carbonyl (C=O) groups excluding carboxylic acids is 1. The number of carboxylic acid groups (broad SMARTS) is 1. The van der Waals surface area contributed by atoms with Crippen LogP contribution in [0.4, 0.5) is 13.2 Å². The van der Waals surface area contributed by atoms with E-state index in [4.69, 9.17) is 5.11 Å². The molecule has 0 saturated carbocycles. The normalized spacial score (nSPS) is 15.2. The fourth-order valence-electron chi connectivity index (χ4n) is 0.616. The van der Waals surface area contributed by atoms with E-state index in [2.05, 4.69) is 0 Å². The van der Waals surface area contributed by atoms with E-state index in [9.17, 15) is 27.0 Å². The quantitative estimate of drug-likeness (QED) is 0.723. The molecular formula is C7H10F3NO4S. The lowest BCUT2D eigenvalue weighted by molar-refractivity contribution is -0.137. The molecule has 5 nitrogen and oxygen atoms in total. The van der Waals surface area contributed by atoms with Gasteiger partial charge >= 0.3 is 12.1 Å². The van der Waals surface area contributed by atoms with Crippen molar-refractivity contribution in [2.75, 3.05) is 12.3 Å². The van der Waals surface area contributed by atoms with Gasteiger partial charge in [0, 0.05) is 10.8 Å². The molecule has 94 valence electrons. The Bertz CT molecular complexity index is 304. The standard InChI is InChI=1S/C7H10F3NO4S/c1-4(6(13)14)16(15)2-5(12)11-3-7(8,9)10/h4H,2-3H2,1H3,(H,11,12)(H,13,14). The van der Waals surface area contributed by atoms with Crippen LogP contribution in [-0.4, -0.2) is 44.9 Å². The molecule has 0 saturated heterocycles. The highest BCUT2D eigenvalue weighted by atomic mass is 32.2. The first-order valence-corrected chi connectivity index (χ1v) is 5.45. The summed E-state index contributed by atoms with van der Waals surface area (Å²) in [6.45, 7) is -0.417. The number of nitrogens with one attached hydrogen (secondary N) is 1. The van der Waals surface area contributed by atoms with Crippen LogP contribution in [0.3, 0.4) is 0 Å². The van der Waals surface area contributed by atoms with Crippen molar-refractivity contribution in [2.45, 2.75) is 18.3 Å². The molecule has 2 unspecified atom stereocenters. The maximum absolute atomic E-state index is 11.7. The van der Waals surface area contributed by atoms with Gasteiger partial charge in [-0.1, -0.05) is 0 Å². The van der Waals surface area contributed by atoms with Gasteiger partial charge in [0.05, 0.1) is 0 Å². The van der Waals surface area contributed by atoms with E-state index < -0.39 is 46.4 Å². The molecule has 2 atom stereocenters. The third-order valence-electron chi connectivity index (χ3n) is 1.50. The number of hydrogen-bond acceptors (Lipinski definition) is 3. The maximum atomic E-state index is 11.7. The number of carbonyl (C=O) groups is 2. The Kier molecular flexibility index (Phi) is 5.42. The van der Waals surface area contributed by atoms with Crippen molar-refractivity contribution in [1.29, 1.82) is 0 Å². The molecule has 0 rings (SSSR count). The van der Waals surface area contributed by atoms with Crippen LogP contribution in [0.2, 0.25) is 0 Å². The fourth-order valence-corrected chi connectivity index (χ4v) is 1.45. The first-order chi connectivity index (χ1) is 7.13. The third-order valence-corrected chi connectivity index (χ3v) is 3.04. The van der Waals surface area contributed by atoms with Gasteiger partial charge in [-0.3, -0.25) is 13.8 Å². The Hall–Kier alpha value is -1.12. The summed E-state index contributed by atoms with van der Waals surface area (Å²) in [4.78, 5) is 21.2. The van der Waals surface area contributed by atoms with E-state index in [0.717, 1.165) is 6.92 Å². The summed E-state index contributed by atoms with van der Waals surface area (Å²) in [5, 5.41) is 8.62. The molecule has 16 heavy (non-hydrogen) atoms. The van der Waals surface area contributed by atoms with E-state index in [0.29, 0.717) is 0 Å². The summed E-state index contributed by atoms with van der Waals surface area (Å²) in [6, 6.07) is 0. The summed E-state index contributed by atoms with van der Waals surface area (Å²) in [5.41, 5.74) is 0. The van der Waals surface area contributed by atoms with Crippen LogP contribution in [-0.2, 0) is 20.4 Å². The van der Waals surface area contributed by atoms with Crippen molar-refractivity contribution in [3.63, 3.8) is 0 Å². The SMILES string of the molecule is CC(C(=O)O)S(=O)CC(=O)NCC(F)(F)F. The zero-order chi connectivity index (χ0) is 12.9. The second kappa shape index (κ2) is 5.83. The minimum Gasteiger partial charge on any atom is -0.480 e. The molecule has 0 aliphatic carbocycles. The maximum Gasteiger partial charge on any atom is 0.405 e. The average Bonchev–Trinajstić information content (AvgIpc) is 2.12. The van der Waals surface area contributed by atoms with Gasteiger partial charge in [0.25, 0.3) is 0 Å². The van der Waals surface area contributed by atoms with Crippen LogP contribution in [0.15, 0.2) is 0 Å². The molecule has 0 aromatic carbocycles. The van der Waals surface area contributed by atoms with Crippen LogP contribution in [0, 0.1) is 0 Å².